The Labute approximate surface area is 108 Å². The lowest BCUT2D eigenvalue weighted by Crippen LogP contribution is -2.41. The number of rotatable bonds is 5. The minimum Gasteiger partial charge on any atom is -0.378 e. The van der Waals surface area contributed by atoms with Gasteiger partial charge in [0.15, 0.2) is 0 Å². The topological polar surface area (TPSA) is 58.6 Å². The van der Waals surface area contributed by atoms with Gasteiger partial charge < -0.3 is 10.1 Å². The number of hydrogen-bond acceptors (Lipinski definition) is 4. The van der Waals surface area contributed by atoms with E-state index in [1.165, 1.54) is 4.90 Å². The maximum Gasteiger partial charge on any atom is 0.246 e. The summed E-state index contributed by atoms with van der Waals surface area (Å²) in [4.78, 5) is 24.8. The first-order valence-electron chi connectivity index (χ1n) is 6.86. The summed E-state index contributed by atoms with van der Waals surface area (Å²) in [5.41, 5.74) is 0. The molecule has 3 unspecified atom stereocenters. The van der Waals surface area contributed by atoms with Crippen LogP contribution in [0.4, 0.5) is 0 Å². The molecule has 0 aromatic rings. The van der Waals surface area contributed by atoms with Gasteiger partial charge in [-0.1, -0.05) is 6.92 Å². The second-order valence-corrected chi connectivity index (χ2v) is 5.01. The fourth-order valence-corrected chi connectivity index (χ4v) is 2.85. The second-order valence-electron chi connectivity index (χ2n) is 5.01. The zero-order chi connectivity index (χ0) is 13.1. The fourth-order valence-electron chi connectivity index (χ4n) is 2.85. The van der Waals surface area contributed by atoms with E-state index >= 15 is 0 Å². The second kappa shape index (κ2) is 5.80. The lowest BCUT2D eigenvalue weighted by atomic mass is 9.99. The molecule has 5 nitrogen and oxygen atoms in total. The molecule has 0 aromatic carbocycles. The normalized spacial score (nSPS) is 32.6. The number of carbonyl (C=O) groups excluding carboxylic acids is 2. The number of nitrogens with zero attached hydrogens (tertiary/aromatic N) is 1. The third kappa shape index (κ3) is 2.57. The first kappa shape index (κ1) is 13.5. The predicted molar refractivity (Wildman–Crippen MR) is 66.9 cm³/mol. The number of hydrogen-bond donors (Lipinski definition) is 1. The Hall–Kier alpha value is -0.940. The van der Waals surface area contributed by atoms with Crippen LogP contribution in [-0.4, -0.2) is 48.6 Å². The Morgan fingerprint density at radius 3 is 2.78 bits per heavy atom. The van der Waals surface area contributed by atoms with Gasteiger partial charge in [0.25, 0.3) is 0 Å². The highest BCUT2D eigenvalue weighted by Crippen LogP contribution is 2.23. The van der Waals surface area contributed by atoms with Gasteiger partial charge in [0.1, 0.15) is 0 Å². The molecule has 0 radical (unpaired) electrons. The standard InChI is InChI=1S/C13H22N2O3/c1-3-11-9(5-6-18-11)8-14-10-7-12(16)15(4-2)13(10)17/h9-11,14H,3-8H2,1-2H3. The van der Waals surface area contributed by atoms with Crippen molar-refractivity contribution in [1.82, 2.24) is 10.2 Å². The van der Waals surface area contributed by atoms with Crippen LogP contribution in [0.5, 0.6) is 0 Å². The third-order valence-electron chi connectivity index (χ3n) is 3.94. The molecule has 0 aromatic heterocycles. The summed E-state index contributed by atoms with van der Waals surface area (Å²) in [5, 5.41) is 3.24. The van der Waals surface area contributed by atoms with Crippen LogP contribution in [-0.2, 0) is 14.3 Å². The van der Waals surface area contributed by atoms with Crippen LogP contribution in [0.2, 0.25) is 0 Å². The van der Waals surface area contributed by atoms with Crippen molar-refractivity contribution < 1.29 is 14.3 Å². The monoisotopic (exact) mass is 254 g/mol. The Bertz CT molecular complexity index is 332. The molecule has 2 heterocycles. The highest BCUT2D eigenvalue weighted by molar-refractivity contribution is 6.05. The molecule has 2 fully saturated rings. The number of amides is 2. The van der Waals surface area contributed by atoms with Gasteiger partial charge in [-0.2, -0.15) is 0 Å². The Balaban J connectivity index is 1.84. The van der Waals surface area contributed by atoms with Crippen LogP contribution in [0, 0.1) is 5.92 Å². The number of ether oxygens (including phenoxy) is 1. The molecule has 2 saturated heterocycles. The number of likely N-dealkylation sites (N-methyl/N-ethyl adjacent to an activating group) is 1. The molecule has 0 spiro atoms. The van der Waals surface area contributed by atoms with Crippen molar-refractivity contribution in [2.75, 3.05) is 19.7 Å². The zero-order valence-electron chi connectivity index (χ0n) is 11.1. The van der Waals surface area contributed by atoms with Crippen LogP contribution in [0.3, 0.4) is 0 Å². The number of likely N-dealkylation sites (tertiary alicyclic amines) is 1. The zero-order valence-corrected chi connectivity index (χ0v) is 11.1. The van der Waals surface area contributed by atoms with Crippen LogP contribution in [0.25, 0.3) is 0 Å². The van der Waals surface area contributed by atoms with Gasteiger partial charge in [-0.25, -0.2) is 0 Å². The van der Waals surface area contributed by atoms with E-state index in [9.17, 15) is 9.59 Å². The lowest BCUT2D eigenvalue weighted by molar-refractivity contribution is -0.138. The summed E-state index contributed by atoms with van der Waals surface area (Å²) in [6, 6.07) is -0.324. The van der Waals surface area contributed by atoms with Gasteiger partial charge in [-0.15, -0.1) is 0 Å². The summed E-state index contributed by atoms with van der Waals surface area (Å²) in [5.74, 6) is 0.331. The SMILES string of the molecule is CCC1OCCC1CNC1CC(=O)N(CC)C1=O. The Morgan fingerprint density at radius 2 is 2.17 bits per heavy atom. The molecule has 18 heavy (non-hydrogen) atoms. The molecule has 0 bridgehead atoms. The van der Waals surface area contributed by atoms with Crippen LogP contribution in [0.1, 0.15) is 33.1 Å². The quantitative estimate of drug-likeness (QED) is 0.727. The van der Waals surface area contributed by atoms with Crippen molar-refractivity contribution in [3.63, 3.8) is 0 Å². The van der Waals surface area contributed by atoms with Crippen LogP contribution >= 0.6 is 0 Å². The summed E-state index contributed by atoms with van der Waals surface area (Å²) in [6.07, 6.45) is 2.65. The Kier molecular flexibility index (Phi) is 4.35. The third-order valence-corrected chi connectivity index (χ3v) is 3.94. The Morgan fingerprint density at radius 1 is 1.39 bits per heavy atom. The molecule has 0 saturated carbocycles. The molecule has 2 aliphatic heterocycles. The van der Waals surface area contributed by atoms with E-state index in [0.29, 0.717) is 25.0 Å². The average Bonchev–Trinajstić information content (AvgIpc) is 2.91. The van der Waals surface area contributed by atoms with E-state index in [1.54, 1.807) is 0 Å². The van der Waals surface area contributed by atoms with E-state index in [1.807, 2.05) is 6.92 Å². The maximum atomic E-state index is 11.9. The minimum atomic E-state index is -0.324. The van der Waals surface area contributed by atoms with Crippen molar-refractivity contribution in [3.8, 4) is 0 Å². The first-order chi connectivity index (χ1) is 8.67. The number of nitrogens with one attached hydrogen (secondary N) is 1. The first-order valence-corrected chi connectivity index (χ1v) is 6.86. The van der Waals surface area contributed by atoms with E-state index in [4.69, 9.17) is 4.74 Å². The van der Waals surface area contributed by atoms with Gasteiger partial charge in [0.05, 0.1) is 18.6 Å². The number of imide groups is 1. The van der Waals surface area contributed by atoms with Crippen molar-refractivity contribution in [2.45, 2.75) is 45.3 Å². The summed E-state index contributed by atoms with van der Waals surface area (Å²) >= 11 is 0. The predicted octanol–water partition coefficient (Wildman–Crippen LogP) is 0.538. The van der Waals surface area contributed by atoms with Crippen molar-refractivity contribution in [2.24, 2.45) is 5.92 Å². The molecule has 0 aliphatic carbocycles. The van der Waals surface area contributed by atoms with E-state index in [-0.39, 0.29) is 17.9 Å². The summed E-state index contributed by atoms with van der Waals surface area (Å²) < 4.78 is 5.62. The molecule has 102 valence electrons. The molecular weight excluding hydrogens is 232 g/mol. The van der Waals surface area contributed by atoms with E-state index in [0.717, 1.165) is 26.0 Å². The summed E-state index contributed by atoms with van der Waals surface area (Å²) in [6.45, 7) is 5.99. The molecule has 2 aliphatic rings. The largest absolute Gasteiger partial charge is 0.378 e. The highest BCUT2D eigenvalue weighted by atomic mass is 16.5. The molecule has 1 N–H and O–H groups in total. The summed E-state index contributed by atoms with van der Waals surface area (Å²) in [7, 11) is 0. The van der Waals surface area contributed by atoms with Gasteiger partial charge in [0.2, 0.25) is 11.8 Å². The van der Waals surface area contributed by atoms with Crippen molar-refractivity contribution in [1.29, 1.82) is 0 Å². The minimum absolute atomic E-state index is 0.0605. The van der Waals surface area contributed by atoms with Crippen molar-refractivity contribution in [3.05, 3.63) is 0 Å². The van der Waals surface area contributed by atoms with Gasteiger partial charge in [-0.3, -0.25) is 14.5 Å². The average molecular weight is 254 g/mol. The van der Waals surface area contributed by atoms with Gasteiger partial charge in [0, 0.05) is 19.7 Å². The molecule has 3 atom stereocenters. The number of carbonyl (C=O) groups is 2. The fraction of sp³-hybridized carbons (Fsp3) is 0.846. The van der Waals surface area contributed by atoms with E-state index in [2.05, 4.69) is 12.2 Å². The maximum absolute atomic E-state index is 11.9. The van der Waals surface area contributed by atoms with E-state index < -0.39 is 0 Å². The smallest absolute Gasteiger partial charge is 0.246 e. The lowest BCUT2D eigenvalue weighted by Gasteiger charge is -2.19. The van der Waals surface area contributed by atoms with Crippen LogP contribution < -0.4 is 5.32 Å². The molecule has 2 amide bonds. The molecular formula is C13H22N2O3. The van der Waals surface area contributed by atoms with Crippen molar-refractivity contribution >= 4 is 11.8 Å². The molecule has 5 heteroatoms. The molecule has 2 rings (SSSR count). The van der Waals surface area contributed by atoms with Crippen LogP contribution in [0.15, 0.2) is 0 Å². The van der Waals surface area contributed by atoms with Gasteiger partial charge >= 0.3 is 0 Å². The highest BCUT2D eigenvalue weighted by Gasteiger charge is 2.38. The van der Waals surface area contributed by atoms with Gasteiger partial charge in [-0.05, 0) is 25.7 Å².